The second kappa shape index (κ2) is 6.11. The van der Waals surface area contributed by atoms with Crippen LogP contribution in [0.25, 0.3) is 0 Å². The van der Waals surface area contributed by atoms with Crippen molar-refractivity contribution in [3.05, 3.63) is 35.9 Å². The molecule has 0 saturated carbocycles. The molecule has 0 bridgehead atoms. The van der Waals surface area contributed by atoms with E-state index in [2.05, 4.69) is 24.3 Å². The Morgan fingerprint density at radius 3 is 2.67 bits per heavy atom. The molecule has 1 aliphatic heterocycles. The number of halogens is 1. The van der Waals surface area contributed by atoms with Crippen molar-refractivity contribution in [2.45, 2.75) is 19.3 Å². The van der Waals surface area contributed by atoms with Crippen LogP contribution in [0.5, 0.6) is 0 Å². The van der Waals surface area contributed by atoms with E-state index in [1.165, 1.54) is 17.0 Å². The summed E-state index contributed by atoms with van der Waals surface area (Å²) in [5.41, 5.74) is 1.38. The average molecular weight is 228 g/mol. The van der Waals surface area contributed by atoms with Gasteiger partial charge < -0.3 is 5.21 Å². The van der Waals surface area contributed by atoms with Crippen LogP contribution in [-0.2, 0) is 6.42 Å². The molecule has 1 aromatic carbocycles. The molecule has 1 N–H and O–H groups in total. The molecule has 0 aliphatic carbocycles. The predicted molar refractivity (Wildman–Crippen MR) is 63.5 cm³/mol. The van der Waals surface area contributed by atoms with Crippen molar-refractivity contribution in [3.63, 3.8) is 0 Å². The van der Waals surface area contributed by atoms with Gasteiger partial charge >= 0.3 is 0 Å². The third-order valence-corrected chi connectivity index (χ3v) is 2.86. The number of piperidine rings is 1. The lowest BCUT2D eigenvalue weighted by Gasteiger charge is -2.28. The third-order valence-electron chi connectivity index (χ3n) is 2.86. The molecule has 0 spiro atoms. The van der Waals surface area contributed by atoms with Crippen LogP contribution in [0.3, 0.4) is 0 Å². The van der Waals surface area contributed by atoms with Gasteiger partial charge in [-0.15, -0.1) is 12.4 Å². The minimum atomic E-state index is 0. The molecule has 1 fully saturated rings. The first-order chi connectivity index (χ1) is 6.84. The lowest BCUT2D eigenvalue weighted by atomic mass is 9.92. The Hall–Kier alpha value is -0.570. The highest BCUT2D eigenvalue weighted by atomic mass is 35.5. The van der Waals surface area contributed by atoms with E-state index in [1.54, 1.807) is 0 Å². The molecule has 3 heteroatoms. The number of nitrogens with zero attached hydrogens (tertiary/aromatic N) is 1. The predicted octanol–water partition coefficient (Wildman–Crippen LogP) is 2.75. The summed E-state index contributed by atoms with van der Waals surface area (Å²) in [4.78, 5) is 0. The maximum absolute atomic E-state index is 9.39. The molecule has 1 atom stereocenters. The Balaban J connectivity index is 0.00000112. The zero-order valence-corrected chi connectivity index (χ0v) is 9.62. The van der Waals surface area contributed by atoms with Crippen LogP contribution < -0.4 is 0 Å². The minimum absolute atomic E-state index is 0. The maximum atomic E-state index is 9.39. The van der Waals surface area contributed by atoms with Crippen LogP contribution in [0, 0.1) is 5.92 Å². The number of benzene rings is 1. The fourth-order valence-electron chi connectivity index (χ4n) is 2.16. The Morgan fingerprint density at radius 1 is 1.27 bits per heavy atom. The molecule has 1 heterocycles. The van der Waals surface area contributed by atoms with Crippen molar-refractivity contribution in [2.24, 2.45) is 5.92 Å². The first-order valence-electron chi connectivity index (χ1n) is 5.32. The van der Waals surface area contributed by atoms with Crippen molar-refractivity contribution in [3.8, 4) is 0 Å². The van der Waals surface area contributed by atoms with Crippen LogP contribution in [0.15, 0.2) is 30.3 Å². The highest BCUT2D eigenvalue weighted by Crippen LogP contribution is 2.19. The molecular weight excluding hydrogens is 210 g/mol. The summed E-state index contributed by atoms with van der Waals surface area (Å²) in [6.45, 7) is 1.67. The van der Waals surface area contributed by atoms with Gasteiger partial charge in [0.05, 0.1) is 0 Å². The summed E-state index contributed by atoms with van der Waals surface area (Å²) in [5.74, 6) is 0.621. The first-order valence-corrected chi connectivity index (χ1v) is 5.32. The summed E-state index contributed by atoms with van der Waals surface area (Å²) < 4.78 is 0. The van der Waals surface area contributed by atoms with E-state index < -0.39 is 0 Å². The Bertz CT molecular complexity index is 278. The van der Waals surface area contributed by atoms with Gasteiger partial charge in [-0.3, -0.25) is 0 Å². The van der Waals surface area contributed by atoms with E-state index in [0.717, 1.165) is 25.9 Å². The number of hydrogen-bond acceptors (Lipinski definition) is 2. The van der Waals surface area contributed by atoms with Gasteiger partial charge in [-0.2, -0.15) is 5.06 Å². The fraction of sp³-hybridized carbons (Fsp3) is 0.500. The first kappa shape index (κ1) is 12.5. The molecule has 0 aromatic heterocycles. The summed E-state index contributed by atoms with van der Waals surface area (Å²) >= 11 is 0. The van der Waals surface area contributed by atoms with Crippen molar-refractivity contribution in [1.29, 1.82) is 0 Å². The topological polar surface area (TPSA) is 23.5 Å². The molecule has 0 radical (unpaired) electrons. The van der Waals surface area contributed by atoms with Crippen LogP contribution in [0.4, 0.5) is 0 Å². The number of rotatable bonds is 2. The fourth-order valence-corrected chi connectivity index (χ4v) is 2.16. The van der Waals surface area contributed by atoms with E-state index in [4.69, 9.17) is 0 Å². The van der Waals surface area contributed by atoms with Gasteiger partial charge in [0, 0.05) is 13.1 Å². The molecule has 1 unspecified atom stereocenters. The lowest BCUT2D eigenvalue weighted by molar-refractivity contribution is -0.117. The molecule has 2 rings (SSSR count). The van der Waals surface area contributed by atoms with Gasteiger partial charge in [0.15, 0.2) is 0 Å². The summed E-state index contributed by atoms with van der Waals surface area (Å²) in [5, 5.41) is 10.8. The Morgan fingerprint density at radius 2 is 2.00 bits per heavy atom. The third kappa shape index (κ3) is 3.82. The van der Waals surface area contributed by atoms with Gasteiger partial charge in [0.25, 0.3) is 0 Å². The summed E-state index contributed by atoms with van der Waals surface area (Å²) in [6, 6.07) is 10.5. The molecule has 0 amide bonds. The van der Waals surface area contributed by atoms with Crippen molar-refractivity contribution >= 4 is 12.4 Å². The van der Waals surface area contributed by atoms with Crippen molar-refractivity contribution < 1.29 is 5.21 Å². The van der Waals surface area contributed by atoms with Crippen LogP contribution in [0.1, 0.15) is 18.4 Å². The summed E-state index contributed by atoms with van der Waals surface area (Å²) in [7, 11) is 0. The maximum Gasteiger partial charge on any atom is 0.0269 e. The molecule has 15 heavy (non-hydrogen) atoms. The lowest BCUT2D eigenvalue weighted by Crippen LogP contribution is -2.33. The highest BCUT2D eigenvalue weighted by molar-refractivity contribution is 5.85. The highest BCUT2D eigenvalue weighted by Gasteiger charge is 2.18. The SMILES string of the molecule is Cl.ON1CCCC(Cc2ccccc2)C1. The molecule has 1 aromatic rings. The summed E-state index contributed by atoms with van der Waals surface area (Å²) in [6.07, 6.45) is 3.46. The number of hydrogen-bond donors (Lipinski definition) is 1. The zero-order valence-electron chi connectivity index (χ0n) is 8.80. The van der Waals surface area contributed by atoms with E-state index in [9.17, 15) is 5.21 Å². The molecule has 1 saturated heterocycles. The standard InChI is InChI=1S/C12H17NO.ClH/c14-13-8-4-7-12(10-13)9-11-5-2-1-3-6-11;/h1-3,5-6,12,14H,4,7-10H2;1H. The Kier molecular flexibility index (Phi) is 5.09. The van der Waals surface area contributed by atoms with Gasteiger partial charge in [-0.25, -0.2) is 0 Å². The quantitative estimate of drug-likeness (QED) is 0.840. The molecule has 84 valence electrons. The average Bonchev–Trinajstić information content (AvgIpc) is 2.19. The van der Waals surface area contributed by atoms with Gasteiger partial charge in [0.2, 0.25) is 0 Å². The van der Waals surface area contributed by atoms with Gasteiger partial charge in [-0.05, 0) is 30.7 Å². The largest absolute Gasteiger partial charge is 0.314 e. The normalized spacial score (nSPS) is 22.1. The van der Waals surface area contributed by atoms with Crippen molar-refractivity contribution in [2.75, 3.05) is 13.1 Å². The van der Waals surface area contributed by atoms with E-state index in [1.807, 2.05) is 6.07 Å². The number of hydroxylamine groups is 2. The molecule has 1 aliphatic rings. The van der Waals surface area contributed by atoms with Crippen LogP contribution >= 0.6 is 12.4 Å². The smallest absolute Gasteiger partial charge is 0.0269 e. The Labute approximate surface area is 97.3 Å². The second-order valence-corrected chi connectivity index (χ2v) is 4.11. The van der Waals surface area contributed by atoms with E-state index in [-0.39, 0.29) is 12.4 Å². The molecular formula is C12H18ClNO. The van der Waals surface area contributed by atoms with E-state index in [0.29, 0.717) is 5.92 Å². The van der Waals surface area contributed by atoms with Crippen LogP contribution in [-0.4, -0.2) is 23.4 Å². The van der Waals surface area contributed by atoms with E-state index >= 15 is 0 Å². The van der Waals surface area contributed by atoms with Crippen molar-refractivity contribution in [1.82, 2.24) is 5.06 Å². The minimum Gasteiger partial charge on any atom is -0.314 e. The molecule has 2 nitrogen and oxygen atoms in total. The van der Waals surface area contributed by atoms with Gasteiger partial charge in [0.1, 0.15) is 0 Å². The van der Waals surface area contributed by atoms with Crippen LogP contribution in [0.2, 0.25) is 0 Å². The second-order valence-electron chi connectivity index (χ2n) is 4.11. The monoisotopic (exact) mass is 227 g/mol. The van der Waals surface area contributed by atoms with Gasteiger partial charge in [-0.1, -0.05) is 30.3 Å². The zero-order chi connectivity index (χ0) is 9.80.